The van der Waals surface area contributed by atoms with Crippen LogP contribution in [0.25, 0.3) is 11.1 Å². The fourth-order valence-electron chi connectivity index (χ4n) is 1.59. The molecule has 94 valence electrons. The molecule has 0 saturated carbocycles. The van der Waals surface area contributed by atoms with Gasteiger partial charge in [0.05, 0.1) is 5.56 Å². The molecule has 0 N–H and O–H groups in total. The first-order chi connectivity index (χ1) is 8.38. The van der Waals surface area contributed by atoms with Crippen LogP contribution in [0.1, 0.15) is 5.56 Å². The first kappa shape index (κ1) is 13.3. The minimum atomic E-state index is -4.42. The summed E-state index contributed by atoms with van der Waals surface area (Å²) >= 11 is 1.94. The van der Waals surface area contributed by atoms with E-state index in [0.717, 1.165) is 12.1 Å². The highest BCUT2D eigenvalue weighted by Crippen LogP contribution is 2.33. The molecule has 0 saturated heterocycles. The maximum Gasteiger partial charge on any atom is 0.416 e. The second-order valence-corrected chi connectivity index (χ2v) is 4.95. The lowest BCUT2D eigenvalue weighted by Crippen LogP contribution is -2.04. The maximum absolute atomic E-state index is 13.7. The van der Waals surface area contributed by atoms with E-state index in [2.05, 4.69) is 0 Å². The van der Waals surface area contributed by atoms with Gasteiger partial charge in [-0.25, -0.2) is 4.39 Å². The monoisotopic (exact) mass is 366 g/mol. The molecule has 0 atom stereocenters. The van der Waals surface area contributed by atoms with Gasteiger partial charge in [-0.1, -0.05) is 18.2 Å². The third-order valence-electron chi connectivity index (χ3n) is 2.43. The van der Waals surface area contributed by atoms with E-state index in [1.54, 1.807) is 6.07 Å². The molecule has 0 spiro atoms. The van der Waals surface area contributed by atoms with E-state index in [4.69, 9.17) is 0 Å². The molecule has 0 aliphatic carbocycles. The van der Waals surface area contributed by atoms with Gasteiger partial charge in [0.15, 0.2) is 0 Å². The van der Waals surface area contributed by atoms with Crippen molar-refractivity contribution in [2.45, 2.75) is 6.18 Å². The van der Waals surface area contributed by atoms with Crippen LogP contribution in [-0.2, 0) is 6.18 Å². The van der Waals surface area contributed by atoms with Gasteiger partial charge in [0.1, 0.15) is 5.82 Å². The largest absolute Gasteiger partial charge is 0.416 e. The molecule has 0 heterocycles. The zero-order valence-electron chi connectivity index (χ0n) is 8.93. The Kier molecular flexibility index (Phi) is 3.61. The summed E-state index contributed by atoms with van der Waals surface area (Å²) in [6.45, 7) is 0. The normalized spacial score (nSPS) is 11.6. The van der Waals surface area contributed by atoms with E-state index in [-0.39, 0.29) is 11.1 Å². The average Bonchev–Trinajstić information content (AvgIpc) is 2.28. The Labute approximate surface area is 115 Å². The van der Waals surface area contributed by atoms with Gasteiger partial charge in [-0.3, -0.25) is 0 Å². The molecule has 0 unspecified atom stereocenters. The van der Waals surface area contributed by atoms with Crippen LogP contribution in [0.5, 0.6) is 0 Å². The second kappa shape index (κ2) is 4.87. The van der Waals surface area contributed by atoms with Gasteiger partial charge in [0.25, 0.3) is 0 Å². The van der Waals surface area contributed by atoms with Crippen molar-refractivity contribution in [2.24, 2.45) is 0 Å². The Bertz CT molecular complexity index is 575. The zero-order chi connectivity index (χ0) is 13.3. The minimum absolute atomic E-state index is 0.168. The molecule has 5 heteroatoms. The molecule has 18 heavy (non-hydrogen) atoms. The summed E-state index contributed by atoms with van der Waals surface area (Å²) in [4.78, 5) is 0. The van der Waals surface area contributed by atoms with Crippen LogP contribution in [0.4, 0.5) is 17.6 Å². The van der Waals surface area contributed by atoms with Crippen molar-refractivity contribution < 1.29 is 17.6 Å². The molecule has 2 aromatic carbocycles. The lowest BCUT2D eigenvalue weighted by molar-refractivity contribution is -0.137. The van der Waals surface area contributed by atoms with Crippen molar-refractivity contribution in [3.8, 4) is 11.1 Å². The fourth-order valence-corrected chi connectivity index (χ4v) is 2.04. The van der Waals surface area contributed by atoms with E-state index < -0.39 is 17.6 Å². The van der Waals surface area contributed by atoms with Gasteiger partial charge in [0, 0.05) is 9.13 Å². The molecule has 0 aliphatic rings. The number of alkyl halides is 3. The van der Waals surface area contributed by atoms with Gasteiger partial charge in [0.2, 0.25) is 0 Å². The predicted octanol–water partition coefficient (Wildman–Crippen LogP) is 5.12. The highest BCUT2D eigenvalue weighted by atomic mass is 127. The van der Waals surface area contributed by atoms with Crippen LogP contribution in [0.15, 0.2) is 42.5 Å². The van der Waals surface area contributed by atoms with Crippen molar-refractivity contribution in [3.05, 3.63) is 57.4 Å². The van der Waals surface area contributed by atoms with Crippen molar-refractivity contribution in [1.29, 1.82) is 0 Å². The van der Waals surface area contributed by atoms with E-state index in [1.807, 2.05) is 22.6 Å². The first-order valence-electron chi connectivity index (χ1n) is 5.00. The molecule has 0 fully saturated rings. The van der Waals surface area contributed by atoms with Gasteiger partial charge in [-0.2, -0.15) is 13.2 Å². The zero-order valence-corrected chi connectivity index (χ0v) is 11.1. The Morgan fingerprint density at radius 2 is 1.67 bits per heavy atom. The van der Waals surface area contributed by atoms with Crippen LogP contribution in [0.3, 0.4) is 0 Å². The summed E-state index contributed by atoms with van der Waals surface area (Å²) in [6.07, 6.45) is -4.42. The number of benzene rings is 2. The van der Waals surface area contributed by atoms with Crippen molar-refractivity contribution in [1.82, 2.24) is 0 Å². The molecule has 0 radical (unpaired) electrons. The van der Waals surface area contributed by atoms with E-state index in [0.29, 0.717) is 3.57 Å². The number of halogens is 5. The Balaban J connectivity index is 2.51. The van der Waals surface area contributed by atoms with Crippen LogP contribution in [0, 0.1) is 9.39 Å². The number of rotatable bonds is 1. The summed E-state index contributed by atoms with van der Waals surface area (Å²) in [6, 6.07) is 9.07. The molecule has 0 amide bonds. The second-order valence-electron chi connectivity index (χ2n) is 3.70. The number of hydrogen-bond donors (Lipinski definition) is 0. The van der Waals surface area contributed by atoms with E-state index in [9.17, 15) is 17.6 Å². The molecule has 0 aromatic heterocycles. The van der Waals surface area contributed by atoms with Crippen molar-refractivity contribution >= 4 is 22.6 Å². The van der Waals surface area contributed by atoms with Gasteiger partial charge >= 0.3 is 6.18 Å². The molecule has 0 aliphatic heterocycles. The Morgan fingerprint density at radius 1 is 0.944 bits per heavy atom. The quantitative estimate of drug-likeness (QED) is 0.486. The summed E-state index contributed by atoms with van der Waals surface area (Å²) in [5.74, 6) is -0.527. The number of hydrogen-bond acceptors (Lipinski definition) is 0. The smallest absolute Gasteiger partial charge is 0.206 e. The van der Waals surface area contributed by atoms with Crippen LogP contribution in [0.2, 0.25) is 0 Å². The Morgan fingerprint density at radius 3 is 2.28 bits per heavy atom. The van der Waals surface area contributed by atoms with Gasteiger partial charge < -0.3 is 0 Å². The van der Waals surface area contributed by atoms with Crippen LogP contribution >= 0.6 is 22.6 Å². The highest BCUT2D eigenvalue weighted by Gasteiger charge is 2.30. The minimum Gasteiger partial charge on any atom is -0.206 e. The third-order valence-corrected chi connectivity index (χ3v) is 3.10. The van der Waals surface area contributed by atoms with Crippen LogP contribution in [-0.4, -0.2) is 0 Å². The average molecular weight is 366 g/mol. The Hall–Kier alpha value is -1.11. The topological polar surface area (TPSA) is 0 Å². The SMILES string of the molecule is Fc1cc(I)ccc1-c1cccc(C(F)(F)F)c1. The molecule has 0 bridgehead atoms. The molecular formula is C13H7F4I. The standard InChI is InChI=1S/C13H7F4I/c14-12-7-10(18)4-5-11(12)8-2-1-3-9(6-8)13(15,16)17/h1-7H. The summed E-state index contributed by atoms with van der Waals surface area (Å²) in [7, 11) is 0. The summed E-state index contributed by atoms with van der Waals surface area (Å²) in [5, 5.41) is 0. The summed E-state index contributed by atoms with van der Waals surface area (Å²) in [5.41, 5.74) is -0.391. The lowest BCUT2D eigenvalue weighted by atomic mass is 10.0. The van der Waals surface area contributed by atoms with Crippen molar-refractivity contribution in [2.75, 3.05) is 0 Å². The lowest BCUT2D eigenvalue weighted by Gasteiger charge is -2.09. The van der Waals surface area contributed by atoms with E-state index >= 15 is 0 Å². The predicted molar refractivity (Wildman–Crippen MR) is 69.6 cm³/mol. The van der Waals surface area contributed by atoms with Crippen molar-refractivity contribution in [3.63, 3.8) is 0 Å². The maximum atomic E-state index is 13.7. The molecule has 0 nitrogen and oxygen atoms in total. The molecule has 2 rings (SSSR count). The van der Waals surface area contributed by atoms with E-state index in [1.165, 1.54) is 24.3 Å². The molecule has 2 aromatic rings. The fraction of sp³-hybridized carbons (Fsp3) is 0.0769. The van der Waals surface area contributed by atoms with Gasteiger partial charge in [-0.15, -0.1) is 0 Å². The van der Waals surface area contributed by atoms with Crippen LogP contribution < -0.4 is 0 Å². The highest BCUT2D eigenvalue weighted by molar-refractivity contribution is 14.1. The molecular weight excluding hydrogens is 359 g/mol. The summed E-state index contributed by atoms with van der Waals surface area (Å²) < 4.78 is 52.0. The first-order valence-corrected chi connectivity index (χ1v) is 6.08. The van der Waals surface area contributed by atoms with Gasteiger partial charge in [-0.05, 0) is 52.4 Å². The third kappa shape index (κ3) is 2.82.